The van der Waals surface area contributed by atoms with Crippen LogP contribution in [0.3, 0.4) is 0 Å². The summed E-state index contributed by atoms with van der Waals surface area (Å²) in [6, 6.07) is 9.52. The van der Waals surface area contributed by atoms with E-state index in [0.717, 1.165) is 38.0 Å². The molecule has 0 aromatic heterocycles. The molecule has 0 saturated carbocycles. The zero-order valence-corrected chi connectivity index (χ0v) is 16.1. The molecule has 2 nitrogen and oxygen atoms in total. The van der Waals surface area contributed by atoms with E-state index in [4.69, 9.17) is 9.47 Å². The second-order valence-electron chi connectivity index (χ2n) is 5.40. The van der Waals surface area contributed by atoms with Gasteiger partial charge in [-0.15, -0.1) is 5.92 Å². The van der Waals surface area contributed by atoms with E-state index in [1.807, 2.05) is 6.07 Å². The van der Waals surface area contributed by atoms with Gasteiger partial charge in [0.15, 0.2) is 0 Å². The van der Waals surface area contributed by atoms with Crippen LogP contribution in [0, 0.1) is 17.9 Å². The molecule has 0 amide bonds. The quantitative estimate of drug-likeness (QED) is 0.606. The Morgan fingerprint density at radius 1 is 1.38 bits per heavy atom. The van der Waals surface area contributed by atoms with Gasteiger partial charge in [0.05, 0.1) is 13.2 Å². The maximum Gasteiger partial charge on any atom is 0.131 e. The minimum Gasteiger partial charge on any atom is -0.381 e. The van der Waals surface area contributed by atoms with Crippen LogP contribution < -0.4 is 0 Å². The van der Waals surface area contributed by atoms with Crippen LogP contribution in [0.25, 0.3) is 0 Å². The summed E-state index contributed by atoms with van der Waals surface area (Å²) < 4.78 is 11.0. The van der Waals surface area contributed by atoms with Gasteiger partial charge in [0.2, 0.25) is 0 Å². The fourth-order valence-corrected chi connectivity index (χ4v) is 2.31. The first-order valence-corrected chi connectivity index (χ1v) is 7.37. The molecule has 1 atom stereocenters. The van der Waals surface area contributed by atoms with Gasteiger partial charge in [0.25, 0.3) is 0 Å². The molecule has 3 heteroatoms. The molecule has 1 aromatic rings. The first-order chi connectivity index (χ1) is 9.69. The maximum absolute atomic E-state index is 5.62. The summed E-state index contributed by atoms with van der Waals surface area (Å²) in [6.07, 6.45) is 2.81. The molecule has 2 rings (SSSR count). The van der Waals surface area contributed by atoms with E-state index in [1.54, 1.807) is 7.11 Å². The van der Waals surface area contributed by atoms with Crippen molar-refractivity contribution in [1.29, 1.82) is 0 Å². The van der Waals surface area contributed by atoms with Crippen LogP contribution in [0.4, 0.5) is 0 Å². The van der Waals surface area contributed by atoms with E-state index in [1.165, 1.54) is 5.56 Å². The van der Waals surface area contributed by atoms with Gasteiger partial charge in [0, 0.05) is 52.7 Å². The van der Waals surface area contributed by atoms with Crippen LogP contribution in [-0.2, 0) is 42.2 Å². The number of hydrogen-bond acceptors (Lipinski definition) is 2. The van der Waals surface area contributed by atoms with Crippen molar-refractivity contribution in [2.45, 2.75) is 44.6 Å². The molecule has 1 aliphatic rings. The summed E-state index contributed by atoms with van der Waals surface area (Å²) in [7, 11) is 1.73. The molecule has 1 radical (unpaired) electrons. The zero-order chi connectivity index (χ0) is 14.4. The van der Waals surface area contributed by atoms with Crippen LogP contribution in [0.5, 0.6) is 0 Å². The molecule has 1 heterocycles. The predicted molar refractivity (Wildman–Crippen MR) is 80.7 cm³/mol. The van der Waals surface area contributed by atoms with E-state index >= 15 is 0 Å². The Morgan fingerprint density at radius 3 is 2.62 bits per heavy atom. The molecule has 21 heavy (non-hydrogen) atoms. The molecule has 1 fully saturated rings. The third kappa shape index (κ3) is 5.18. The molecule has 1 aliphatic heterocycles. The Labute approximate surface area is 153 Å². The average Bonchev–Trinajstić information content (AvgIpc) is 2.53. The van der Waals surface area contributed by atoms with Crippen LogP contribution in [0.1, 0.15) is 50.2 Å². The van der Waals surface area contributed by atoms with Gasteiger partial charge in [-0.2, -0.15) is 29.8 Å². The van der Waals surface area contributed by atoms with Gasteiger partial charge >= 0.3 is 0 Å². The Kier molecular flexibility index (Phi) is 8.13. The van der Waals surface area contributed by atoms with Gasteiger partial charge in [-0.05, 0) is 5.92 Å². The van der Waals surface area contributed by atoms with Gasteiger partial charge < -0.3 is 9.47 Å². The van der Waals surface area contributed by atoms with Crippen molar-refractivity contribution in [2.24, 2.45) is 0 Å². The Bertz CT molecular complexity index is 478. The molecule has 1 unspecified atom stereocenters. The Morgan fingerprint density at radius 2 is 2.10 bits per heavy atom. The normalized spacial score (nSPS) is 18.0. The van der Waals surface area contributed by atoms with Crippen molar-refractivity contribution in [3.05, 3.63) is 35.4 Å². The summed E-state index contributed by atoms with van der Waals surface area (Å²) in [4.78, 5) is 0. The van der Waals surface area contributed by atoms with E-state index in [0.29, 0.717) is 5.92 Å². The van der Waals surface area contributed by atoms with E-state index in [9.17, 15) is 0 Å². The number of benzene rings is 1. The maximum atomic E-state index is 5.62. The van der Waals surface area contributed by atoms with Crippen molar-refractivity contribution < 1.29 is 42.2 Å². The van der Waals surface area contributed by atoms with Crippen molar-refractivity contribution in [3.63, 3.8) is 0 Å². The molecule has 1 saturated heterocycles. The van der Waals surface area contributed by atoms with Crippen LogP contribution in [0.2, 0.25) is 0 Å². The summed E-state index contributed by atoms with van der Waals surface area (Å²) in [5, 5.41) is 0. The van der Waals surface area contributed by atoms with Crippen molar-refractivity contribution >= 4 is 0 Å². The minimum atomic E-state index is -0.340. The van der Waals surface area contributed by atoms with Crippen LogP contribution >= 0.6 is 0 Å². The van der Waals surface area contributed by atoms with Crippen molar-refractivity contribution in [2.75, 3.05) is 20.3 Å². The fraction of sp³-hybridized carbons (Fsp3) is 0.556. The minimum absolute atomic E-state index is 0. The largest absolute Gasteiger partial charge is 0.381 e. The van der Waals surface area contributed by atoms with Crippen LogP contribution in [0.15, 0.2) is 18.2 Å². The smallest absolute Gasteiger partial charge is 0.131 e. The molecule has 111 valence electrons. The van der Waals surface area contributed by atoms with Gasteiger partial charge in [-0.1, -0.05) is 31.8 Å². The molecule has 0 bridgehead atoms. The van der Waals surface area contributed by atoms with Crippen molar-refractivity contribution in [3.8, 4) is 11.8 Å². The number of hydrogen-bond donors (Lipinski definition) is 0. The monoisotopic (exact) mass is 360 g/mol. The van der Waals surface area contributed by atoms with E-state index < -0.39 is 0 Å². The van der Waals surface area contributed by atoms with Crippen molar-refractivity contribution in [1.82, 2.24) is 0 Å². The first kappa shape index (κ1) is 18.9. The predicted octanol–water partition coefficient (Wildman–Crippen LogP) is 3.54. The molecule has 0 N–H and O–H groups in total. The van der Waals surface area contributed by atoms with Gasteiger partial charge in [-0.3, -0.25) is 0 Å². The topological polar surface area (TPSA) is 18.5 Å². The summed E-state index contributed by atoms with van der Waals surface area (Å²) in [5.74, 6) is 7.07. The summed E-state index contributed by atoms with van der Waals surface area (Å²) in [6.45, 7) is 5.86. The number of ether oxygens (including phenoxy) is 2. The second kappa shape index (κ2) is 9.06. The van der Waals surface area contributed by atoms with Gasteiger partial charge in [-0.25, -0.2) is 0 Å². The molecular weight excluding hydrogens is 337 g/mol. The standard InChI is InChI=1S/C18H23O2.Y/c1-4-15(2)17-7-5-16(6-8-17)9-10-18(19-3)11-13-20-14-12-18;/h5-7,15H,4,11-14H2,1-3H3;/q-1;. The zero-order valence-electron chi connectivity index (χ0n) is 13.2. The Balaban J connectivity index is 0.00000220. The molecular formula is C18H23O2Y-. The number of rotatable bonds is 3. The van der Waals surface area contributed by atoms with E-state index in [-0.39, 0.29) is 38.3 Å². The average molecular weight is 360 g/mol. The first-order valence-electron chi connectivity index (χ1n) is 7.37. The third-order valence-electron chi connectivity index (χ3n) is 4.11. The molecule has 0 spiro atoms. The SMILES string of the molecule is CCC(C)c1[c-]cc(C#CC2(OC)CCOCC2)cc1.[Y]. The fourth-order valence-electron chi connectivity index (χ4n) is 2.31. The summed E-state index contributed by atoms with van der Waals surface area (Å²) >= 11 is 0. The molecule has 0 aliphatic carbocycles. The Hall–Kier alpha value is -0.196. The van der Waals surface area contributed by atoms with Crippen LogP contribution in [-0.4, -0.2) is 25.9 Å². The van der Waals surface area contributed by atoms with Gasteiger partial charge in [0.1, 0.15) is 5.60 Å². The second-order valence-corrected chi connectivity index (χ2v) is 5.40. The third-order valence-corrected chi connectivity index (χ3v) is 4.11. The molecule has 1 aromatic carbocycles. The number of methoxy groups -OCH3 is 1. The summed E-state index contributed by atoms with van der Waals surface area (Å²) in [5.41, 5.74) is 1.92. The van der Waals surface area contributed by atoms with E-state index in [2.05, 4.69) is 43.9 Å².